The molecule has 1 fully saturated rings. The van der Waals surface area contributed by atoms with Gasteiger partial charge in [0.1, 0.15) is 22.4 Å². The summed E-state index contributed by atoms with van der Waals surface area (Å²) in [4.78, 5) is 22.2. The van der Waals surface area contributed by atoms with Gasteiger partial charge in [-0.25, -0.2) is 18.7 Å². The normalized spacial score (nSPS) is 20.7. The third kappa shape index (κ3) is 3.99. The van der Waals surface area contributed by atoms with Crippen LogP contribution >= 0.6 is 11.6 Å². The average molecular weight is 486 g/mol. The highest BCUT2D eigenvalue weighted by Gasteiger charge is 2.32. The molecule has 0 spiro atoms. The Morgan fingerprint density at radius 2 is 1.97 bits per heavy atom. The summed E-state index contributed by atoms with van der Waals surface area (Å²) in [7, 11) is 1.84. The molecule has 4 aromatic rings. The number of hydrogen-bond donors (Lipinski definition) is 0. The lowest BCUT2D eigenvalue weighted by atomic mass is 9.87. The molecular formula is C24H22ClF2N5O2. The molecule has 176 valence electrons. The van der Waals surface area contributed by atoms with Crippen molar-refractivity contribution in [3.05, 3.63) is 80.8 Å². The summed E-state index contributed by atoms with van der Waals surface area (Å²) in [6.07, 6.45) is 6.26. The minimum absolute atomic E-state index is 0.0197. The molecule has 7 nitrogen and oxygen atoms in total. The molecule has 0 radical (unpaired) electrons. The summed E-state index contributed by atoms with van der Waals surface area (Å²) in [6, 6.07) is 3.24. The number of hydrogen-bond acceptors (Lipinski definition) is 5. The maximum atomic E-state index is 14.8. The van der Waals surface area contributed by atoms with Crippen LogP contribution in [0.25, 0.3) is 16.9 Å². The van der Waals surface area contributed by atoms with Gasteiger partial charge >= 0.3 is 0 Å². The summed E-state index contributed by atoms with van der Waals surface area (Å²) < 4.78 is 37.6. The molecule has 1 saturated heterocycles. The Hall–Kier alpha value is -3.17. The van der Waals surface area contributed by atoms with Gasteiger partial charge in [-0.1, -0.05) is 11.6 Å². The predicted molar refractivity (Wildman–Crippen MR) is 123 cm³/mol. The Bertz CT molecular complexity index is 1470. The van der Waals surface area contributed by atoms with Crippen molar-refractivity contribution >= 4 is 17.2 Å². The first-order valence-electron chi connectivity index (χ1n) is 10.9. The van der Waals surface area contributed by atoms with Gasteiger partial charge < -0.3 is 4.74 Å². The number of nitrogens with zero attached hydrogens (tertiary/aromatic N) is 5. The van der Waals surface area contributed by atoms with Crippen molar-refractivity contribution in [2.75, 3.05) is 0 Å². The summed E-state index contributed by atoms with van der Waals surface area (Å²) in [5.74, 6) is -1.58. The maximum absolute atomic E-state index is 14.8. The highest BCUT2D eigenvalue weighted by molar-refractivity contribution is 6.31. The fourth-order valence-corrected chi connectivity index (χ4v) is 4.65. The van der Waals surface area contributed by atoms with E-state index in [1.165, 1.54) is 10.5 Å². The van der Waals surface area contributed by atoms with Gasteiger partial charge in [-0.2, -0.15) is 5.10 Å². The zero-order chi connectivity index (χ0) is 24.1. The van der Waals surface area contributed by atoms with Crippen molar-refractivity contribution in [1.29, 1.82) is 0 Å². The second-order valence-electron chi connectivity index (χ2n) is 8.70. The van der Waals surface area contributed by atoms with Crippen LogP contribution in [0.2, 0.25) is 5.02 Å². The Balaban J connectivity index is 1.69. The lowest BCUT2D eigenvalue weighted by Gasteiger charge is -2.33. The number of fused-ring (bicyclic) bond motifs is 1. The van der Waals surface area contributed by atoms with Gasteiger partial charge in [0.05, 0.1) is 29.8 Å². The van der Waals surface area contributed by atoms with E-state index in [4.69, 9.17) is 21.3 Å². The summed E-state index contributed by atoms with van der Waals surface area (Å²) >= 11 is 6.20. The minimum atomic E-state index is -0.790. The van der Waals surface area contributed by atoms with Crippen molar-refractivity contribution < 1.29 is 13.5 Å². The van der Waals surface area contributed by atoms with Crippen molar-refractivity contribution in [3.8, 4) is 11.3 Å². The molecule has 3 aromatic heterocycles. The summed E-state index contributed by atoms with van der Waals surface area (Å²) in [5.41, 5.74) is 1.73. The topological polar surface area (TPSA) is 74.3 Å². The molecule has 3 atom stereocenters. The fraction of sp³-hybridized carbons (Fsp3) is 0.333. The minimum Gasteiger partial charge on any atom is -0.370 e. The molecule has 0 bridgehead atoms. The van der Waals surface area contributed by atoms with Crippen LogP contribution in [-0.4, -0.2) is 30.3 Å². The second kappa shape index (κ2) is 8.56. The largest absolute Gasteiger partial charge is 0.370 e. The van der Waals surface area contributed by atoms with Crippen LogP contribution in [0.4, 0.5) is 8.78 Å². The van der Waals surface area contributed by atoms with Crippen LogP contribution < -0.4 is 5.56 Å². The first-order valence-corrected chi connectivity index (χ1v) is 11.3. The maximum Gasteiger partial charge on any atom is 0.277 e. The Kier molecular flexibility index (Phi) is 5.69. The molecule has 0 N–H and O–H groups in total. The van der Waals surface area contributed by atoms with Gasteiger partial charge in [-0.3, -0.25) is 13.9 Å². The molecule has 5 rings (SSSR count). The monoisotopic (exact) mass is 485 g/mol. The molecule has 10 heteroatoms. The molecule has 34 heavy (non-hydrogen) atoms. The zero-order valence-electron chi connectivity index (χ0n) is 18.8. The highest BCUT2D eigenvalue weighted by Crippen LogP contribution is 2.40. The van der Waals surface area contributed by atoms with Gasteiger partial charge in [-0.05, 0) is 38.8 Å². The second-order valence-corrected chi connectivity index (χ2v) is 9.08. The van der Waals surface area contributed by atoms with E-state index in [0.29, 0.717) is 24.2 Å². The smallest absolute Gasteiger partial charge is 0.277 e. The van der Waals surface area contributed by atoms with E-state index >= 15 is 0 Å². The van der Waals surface area contributed by atoms with Gasteiger partial charge in [0.2, 0.25) is 0 Å². The zero-order valence-corrected chi connectivity index (χ0v) is 19.6. The van der Waals surface area contributed by atoms with Crippen molar-refractivity contribution in [3.63, 3.8) is 0 Å². The predicted octanol–water partition coefficient (Wildman–Crippen LogP) is 4.75. The number of halogens is 3. The van der Waals surface area contributed by atoms with Crippen molar-refractivity contribution in [1.82, 2.24) is 24.1 Å². The lowest BCUT2D eigenvalue weighted by Crippen LogP contribution is -2.27. The van der Waals surface area contributed by atoms with E-state index in [-0.39, 0.29) is 40.1 Å². The van der Waals surface area contributed by atoms with Gasteiger partial charge in [-0.15, -0.1) is 0 Å². The summed E-state index contributed by atoms with van der Waals surface area (Å²) in [5, 5.41) is 4.22. The van der Waals surface area contributed by atoms with Crippen LogP contribution in [0.3, 0.4) is 0 Å². The third-order valence-corrected chi connectivity index (χ3v) is 6.59. The number of aromatic nitrogens is 5. The first kappa shape index (κ1) is 22.6. The number of aryl methyl sites for hydroxylation is 2. The number of rotatable bonds is 3. The molecule has 0 amide bonds. The van der Waals surface area contributed by atoms with Crippen LogP contribution in [0.15, 0.2) is 41.6 Å². The molecule has 0 unspecified atom stereocenters. The van der Waals surface area contributed by atoms with E-state index < -0.39 is 17.2 Å². The first-order chi connectivity index (χ1) is 16.2. The van der Waals surface area contributed by atoms with E-state index in [1.807, 2.05) is 20.2 Å². The van der Waals surface area contributed by atoms with Gasteiger partial charge in [0, 0.05) is 42.6 Å². The van der Waals surface area contributed by atoms with Crippen LogP contribution in [-0.2, 0) is 11.8 Å². The summed E-state index contributed by atoms with van der Waals surface area (Å²) in [6.45, 7) is 3.58. The Morgan fingerprint density at radius 1 is 1.18 bits per heavy atom. The van der Waals surface area contributed by atoms with Crippen molar-refractivity contribution in [2.45, 2.75) is 44.8 Å². The van der Waals surface area contributed by atoms with E-state index in [2.05, 4.69) is 10.1 Å². The fourth-order valence-electron chi connectivity index (χ4n) is 4.51. The third-order valence-electron chi connectivity index (χ3n) is 6.15. The number of ether oxygens (including phenoxy) is 1. The van der Waals surface area contributed by atoms with Gasteiger partial charge in [0.25, 0.3) is 5.56 Å². The molecular weight excluding hydrogens is 464 g/mol. The van der Waals surface area contributed by atoms with Crippen molar-refractivity contribution in [2.24, 2.45) is 7.05 Å². The SMILES string of the molecule is Cc1nc2c(-c3ccc(F)cc3F)nc([C@@H]3C[C@@H](c4cnn(C)c4)O[C@@H](C)C3)cn2c(=O)c1Cl. The number of benzene rings is 1. The van der Waals surface area contributed by atoms with E-state index in [0.717, 1.165) is 17.7 Å². The molecule has 1 aromatic carbocycles. The average Bonchev–Trinajstić information content (AvgIpc) is 3.23. The molecule has 1 aliphatic heterocycles. The Morgan fingerprint density at radius 3 is 2.68 bits per heavy atom. The lowest BCUT2D eigenvalue weighted by molar-refractivity contribution is -0.0506. The van der Waals surface area contributed by atoms with Crippen LogP contribution in [0.1, 0.15) is 48.7 Å². The quantitative estimate of drug-likeness (QED) is 0.418. The molecule has 0 aliphatic carbocycles. The molecule has 4 heterocycles. The highest BCUT2D eigenvalue weighted by atomic mass is 35.5. The van der Waals surface area contributed by atoms with E-state index in [9.17, 15) is 13.6 Å². The van der Waals surface area contributed by atoms with Crippen LogP contribution in [0.5, 0.6) is 0 Å². The standard InChI is InChI=1S/C24H22ClF2N5O2/c1-12-6-14(7-20(34-12)15-9-28-31(3)10-15)19-11-32-23(29-13(2)21(25)24(32)33)22(30-19)17-5-4-16(26)8-18(17)27/h4-5,8-12,14,20H,6-7H2,1-3H3/t12-,14-,20-/m0/s1. The van der Waals surface area contributed by atoms with Crippen LogP contribution in [0, 0.1) is 18.6 Å². The van der Waals surface area contributed by atoms with E-state index in [1.54, 1.807) is 24.0 Å². The Labute approximate surface area is 199 Å². The molecule has 1 aliphatic rings. The molecule has 0 saturated carbocycles. The van der Waals surface area contributed by atoms with Gasteiger partial charge in [0.15, 0.2) is 5.65 Å².